The van der Waals surface area contributed by atoms with Crippen LogP contribution >= 0.6 is 15.9 Å². The molecule has 0 aliphatic carbocycles. The Morgan fingerprint density at radius 2 is 2.18 bits per heavy atom. The van der Waals surface area contributed by atoms with Crippen molar-refractivity contribution in [3.8, 4) is 0 Å². The zero-order chi connectivity index (χ0) is 12.8. The van der Waals surface area contributed by atoms with Gasteiger partial charge in [0.15, 0.2) is 0 Å². The smallest absolute Gasteiger partial charge is 0.328 e. The van der Waals surface area contributed by atoms with Gasteiger partial charge < -0.3 is 15.4 Å². The fraction of sp³-hybridized carbons (Fsp3) is 0.500. The molecule has 0 bridgehead atoms. The standard InChI is InChI=1S/C10H15BrN4O2/c1-4-17-10(16)6(2)15-9-7(11)8(12-3)13-5-14-9/h5-6H,4H2,1-3H3,(H2,12,13,14,15). The van der Waals surface area contributed by atoms with Crippen LogP contribution in [0.5, 0.6) is 0 Å². The van der Waals surface area contributed by atoms with E-state index in [2.05, 4.69) is 36.5 Å². The minimum absolute atomic E-state index is 0.316. The van der Waals surface area contributed by atoms with E-state index >= 15 is 0 Å². The summed E-state index contributed by atoms with van der Waals surface area (Å²) >= 11 is 3.36. The average Bonchev–Trinajstić information content (AvgIpc) is 2.32. The molecule has 0 amide bonds. The van der Waals surface area contributed by atoms with Crippen molar-refractivity contribution in [3.63, 3.8) is 0 Å². The van der Waals surface area contributed by atoms with Crippen LogP contribution in [0.2, 0.25) is 0 Å². The van der Waals surface area contributed by atoms with Crippen molar-refractivity contribution in [2.45, 2.75) is 19.9 Å². The lowest BCUT2D eigenvalue weighted by Crippen LogP contribution is -2.28. The van der Waals surface area contributed by atoms with Gasteiger partial charge in [0.2, 0.25) is 0 Å². The van der Waals surface area contributed by atoms with E-state index in [4.69, 9.17) is 4.74 Å². The second-order valence-electron chi connectivity index (χ2n) is 3.25. The van der Waals surface area contributed by atoms with Crippen molar-refractivity contribution in [2.75, 3.05) is 24.3 Å². The molecule has 94 valence electrons. The number of esters is 1. The molecule has 1 heterocycles. The molecule has 0 fully saturated rings. The highest BCUT2D eigenvalue weighted by atomic mass is 79.9. The van der Waals surface area contributed by atoms with E-state index in [1.807, 2.05) is 0 Å². The first-order chi connectivity index (χ1) is 8.10. The van der Waals surface area contributed by atoms with Crippen LogP contribution in [0.3, 0.4) is 0 Å². The largest absolute Gasteiger partial charge is 0.464 e. The second kappa shape index (κ2) is 6.39. The molecule has 0 saturated carbocycles. The summed E-state index contributed by atoms with van der Waals surface area (Å²) in [5.74, 6) is 0.882. The first-order valence-electron chi connectivity index (χ1n) is 5.21. The maximum atomic E-state index is 11.5. The molecule has 17 heavy (non-hydrogen) atoms. The number of rotatable bonds is 5. The third-order valence-electron chi connectivity index (χ3n) is 2.02. The summed E-state index contributed by atoms with van der Waals surface area (Å²) < 4.78 is 5.58. The summed E-state index contributed by atoms with van der Waals surface area (Å²) in [5, 5.41) is 5.87. The van der Waals surface area contributed by atoms with Crippen molar-refractivity contribution >= 4 is 33.5 Å². The Balaban J connectivity index is 2.78. The van der Waals surface area contributed by atoms with Gasteiger partial charge in [-0.2, -0.15) is 0 Å². The van der Waals surface area contributed by atoms with Crippen LogP contribution in [-0.2, 0) is 9.53 Å². The molecule has 1 unspecified atom stereocenters. The quantitative estimate of drug-likeness (QED) is 0.806. The number of anilines is 2. The van der Waals surface area contributed by atoms with Crippen LogP contribution in [0, 0.1) is 0 Å². The van der Waals surface area contributed by atoms with Gasteiger partial charge in [-0.25, -0.2) is 14.8 Å². The van der Waals surface area contributed by atoms with Gasteiger partial charge in [-0.05, 0) is 29.8 Å². The highest BCUT2D eigenvalue weighted by Crippen LogP contribution is 2.26. The zero-order valence-electron chi connectivity index (χ0n) is 9.95. The number of nitrogens with one attached hydrogen (secondary N) is 2. The second-order valence-corrected chi connectivity index (χ2v) is 4.05. The van der Waals surface area contributed by atoms with Gasteiger partial charge in [-0.3, -0.25) is 0 Å². The summed E-state index contributed by atoms with van der Waals surface area (Å²) in [6, 6.07) is -0.467. The van der Waals surface area contributed by atoms with Crippen LogP contribution in [0.4, 0.5) is 11.6 Å². The molecular formula is C10H15BrN4O2. The topological polar surface area (TPSA) is 76.1 Å². The molecule has 6 nitrogen and oxygen atoms in total. The molecule has 1 rings (SSSR count). The van der Waals surface area contributed by atoms with E-state index < -0.39 is 6.04 Å². The van der Waals surface area contributed by atoms with Gasteiger partial charge in [0.05, 0.1) is 6.61 Å². The molecule has 0 spiro atoms. The number of carbonyl (C=O) groups excluding carboxylic acids is 1. The molecule has 0 aliphatic heterocycles. The van der Waals surface area contributed by atoms with Gasteiger partial charge in [0, 0.05) is 7.05 Å². The highest BCUT2D eigenvalue weighted by Gasteiger charge is 2.16. The summed E-state index contributed by atoms with van der Waals surface area (Å²) in [7, 11) is 1.76. The lowest BCUT2D eigenvalue weighted by Gasteiger charge is -2.15. The molecule has 0 saturated heterocycles. The van der Waals surface area contributed by atoms with E-state index in [1.54, 1.807) is 20.9 Å². The summed E-state index contributed by atoms with van der Waals surface area (Å²) in [6.45, 7) is 3.84. The fourth-order valence-electron chi connectivity index (χ4n) is 1.18. The Hall–Kier alpha value is -1.37. The molecule has 1 aromatic heterocycles. The molecule has 2 N–H and O–H groups in total. The van der Waals surface area contributed by atoms with Crippen LogP contribution in [0.25, 0.3) is 0 Å². The van der Waals surface area contributed by atoms with Crippen molar-refractivity contribution in [2.24, 2.45) is 0 Å². The van der Waals surface area contributed by atoms with Crippen LogP contribution in [-0.4, -0.2) is 35.6 Å². The maximum Gasteiger partial charge on any atom is 0.328 e. The number of carbonyl (C=O) groups is 1. The Kier molecular flexibility index (Phi) is 5.14. The molecule has 0 radical (unpaired) electrons. The summed E-state index contributed by atoms with van der Waals surface area (Å²) in [5.41, 5.74) is 0. The van der Waals surface area contributed by atoms with Crippen LogP contribution < -0.4 is 10.6 Å². The van der Waals surface area contributed by atoms with Gasteiger partial charge in [0.1, 0.15) is 28.5 Å². The minimum atomic E-state index is -0.467. The normalized spacial score (nSPS) is 11.8. The number of halogens is 1. The monoisotopic (exact) mass is 302 g/mol. The number of ether oxygens (including phenoxy) is 1. The Morgan fingerprint density at radius 1 is 1.53 bits per heavy atom. The Labute approximate surface area is 108 Å². The first kappa shape index (κ1) is 13.7. The maximum absolute atomic E-state index is 11.5. The molecule has 1 atom stereocenters. The van der Waals surface area contributed by atoms with E-state index in [0.717, 1.165) is 0 Å². The third-order valence-corrected chi connectivity index (χ3v) is 2.77. The highest BCUT2D eigenvalue weighted by molar-refractivity contribution is 9.10. The molecule has 7 heteroatoms. The van der Waals surface area contributed by atoms with Crippen molar-refractivity contribution in [1.29, 1.82) is 0 Å². The van der Waals surface area contributed by atoms with Crippen LogP contribution in [0.1, 0.15) is 13.8 Å². The van der Waals surface area contributed by atoms with Crippen molar-refractivity contribution in [1.82, 2.24) is 9.97 Å². The van der Waals surface area contributed by atoms with E-state index in [0.29, 0.717) is 22.7 Å². The van der Waals surface area contributed by atoms with E-state index in [-0.39, 0.29) is 5.97 Å². The predicted octanol–water partition coefficient (Wildman–Crippen LogP) is 1.64. The predicted molar refractivity (Wildman–Crippen MR) is 69.0 cm³/mol. The lowest BCUT2D eigenvalue weighted by atomic mass is 10.3. The molecule has 1 aromatic rings. The van der Waals surface area contributed by atoms with Crippen LogP contribution in [0.15, 0.2) is 10.8 Å². The molecule has 0 aromatic carbocycles. The number of aromatic nitrogens is 2. The van der Waals surface area contributed by atoms with Gasteiger partial charge >= 0.3 is 5.97 Å². The van der Waals surface area contributed by atoms with Gasteiger partial charge in [0.25, 0.3) is 0 Å². The molecular weight excluding hydrogens is 288 g/mol. The number of hydrogen-bond donors (Lipinski definition) is 2. The molecule has 0 aliphatic rings. The lowest BCUT2D eigenvalue weighted by molar-refractivity contribution is -0.143. The number of hydrogen-bond acceptors (Lipinski definition) is 6. The van der Waals surface area contributed by atoms with Crippen molar-refractivity contribution < 1.29 is 9.53 Å². The van der Waals surface area contributed by atoms with E-state index in [9.17, 15) is 4.79 Å². The number of nitrogens with zero attached hydrogens (tertiary/aromatic N) is 2. The summed E-state index contributed by atoms with van der Waals surface area (Å²) in [6.07, 6.45) is 1.41. The zero-order valence-corrected chi connectivity index (χ0v) is 11.5. The first-order valence-corrected chi connectivity index (χ1v) is 6.00. The minimum Gasteiger partial charge on any atom is -0.464 e. The third kappa shape index (κ3) is 3.55. The average molecular weight is 303 g/mol. The van der Waals surface area contributed by atoms with Gasteiger partial charge in [-0.15, -0.1) is 0 Å². The van der Waals surface area contributed by atoms with Crippen molar-refractivity contribution in [3.05, 3.63) is 10.8 Å². The fourth-order valence-corrected chi connectivity index (χ4v) is 1.69. The van der Waals surface area contributed by atoms with E-state index in [1.165, 1.54) is 6.33 Å². The SMILES string of the molecule is CCOC(=O)C(C)Nc1ncnc(NC)c1Br. The van der Waals surface area contributed by atoms with Gasteiger partial charge in [-0.1, -0.05) is 0 Å². The Bertz CT molecular complexity index is 400. The summed E-state index contributed by atoms with van der Waals surface area (Å²) in [4.78, 5) is 19.5. The Morgan fingerprint density at radius 3 is 2.76 bits per heavy atom.